The fraction of sp³-hybridized carbons (Fsp3) is 0.368. The van der Waals surface area contributed by atoms with Gasteiger partial charge in [-0.05, 0) is 55.5 Å². The molecular formula is C19H23NO. The maximum absolute atomic E-state index is 5.89. The molecule has 0 heterocycles. The molecule has 0 unspecified atom stereocenters. The van der Waals surface area contributed by atoms with Gasteiger partial charge in [0.15, 0.2) is 0 Å². The molecule has 0 amide bonds. The van der Waals surface area contributed by atoms with E-state index in [4.69, 9.17) is 4.74 Å². The predicted molar refractivity (Wildman–Crippen MR) is 86.7 cm³/mol. The highest BCUT2D eigenvalue weighted by Crippen LogP contribution is 2.35. The molecule has 0 aliphatic heterocycles. The third-order valence-electron chi connectivity index (χ3n) is 4.53. The fourth-order valence-corrected chi connectivity index (χ4v) is 2.89. The van der Waals surface area contributed by atoms with E-state index >= 15 is 0 Å². The minimum Gasteiger partial charge on any atom is -0.457 e. The summed E-state index contributed by atoms with van der Waals surface area (Å²) in [6.07, 6.45) is 5.19. The molecule has 0 saturated heterocycles. The van der Waals surface area contributed by atoms with Crippen LogP contribution in [0, 0.1) is 0 Å². The van der Waals surface area contributed by atoms with Crippen LogP contribution in [0.1, 0.15) is 38.2 Å². The van der Waals surface area contributed by atoms with Gasteiger partial charge in [-0.2, -0.15) is 0 Å². The lowest BCUT2D eigenvalue weighted by molar-refractivity contribution is 0.175. The summed E-state index contributed by atoms with van der Waals surface area (Å²) in [5.74, 6) is 1.78. The zero-order chi connectivity index (χ0) is 14.5. The lowest BCUT2D eigenvalue weighted by Gasteiger charge is -2.42. The molecule has 0 atom stereocenters. The molecular weight excluding hydrogens is 258 g/mol. The smallest absolute Gasteiger partial charge is 0.127 e. The van der Waals surface area contributed by atoms with E-state index in [9.17, 15) is 0 Å². The Morgan fingerprint density at radius 1 is 1.00 bits per heavy atom. The third kappa shape index (κ3) is 3.45. The molecule has 3 rings (SSSR count). The van der Waals surface area contributed by atoms with Gasteiger partial charge in [0.05, 0.1) is 0 Å². The lowest BCUT2D eigenvalue weighted by atomic mass is 9.75. The van der Waals surface area contributed by atoms with Crippen molar-refractivity contribution in [1.82, 2.24) is 5.32 Å². The topological polar surface area (TPSA) is 21.3 Å². The maximum Gasteiger partial charge on any atom is 0.127 e. The van der Waals surface area contributed by atoms with E-state index in [1.807, 2.05) is 36.4 Å². The van der Waals surface area contributed by atoms with E-state index in [1.54, 1.807) is 0 Å². The normalized spacial score (nSPS) is 16.2. The van der Waals surface area contributed by atoms with Crippen LogP contribution in [0.5, 0.6) is 11.5 Å². The molecule has 21 heavy (non-hydrogen) atoms. The van der Waals surface area contributed by atoms with Crippen LogP contribution in [-0.4, -0.2) is 5.54 Å². The highest BCUT2D eigenvalue weighted by molar-refractivity contribution is 5.33. The van der Waals surface area contributed by atoms with Gasteiger partial charge in [0.1, 0.15) is 11.5 Å². The second-order valence-electron chi connectivity index (χ2n) is 5.90. The number of para-hydroxylation sites is 1. The van der Waals surface area contributed by atoms with E-state index in [0.29, 0.717) is 5.54 Å². The Bertz CT molecular complexity index is 570. The summed E-state index contributed by atoms with van der Waals surface area (Å²) in [5.41, 5.74) is 1.67. The van der Waals surface area contributed by atoms with E-state index in [-0.39, 0.29) is 0 Å². The van der Waals surface area contributed by atoms with Crippen molar-refractivity contribution in [2.45, 2.75) is 44.7 Å². The molecule has 1 aliphatic rings. The summed E-state index contributed by atoms with van der Waals surface area (Å²) in [7, 11) is 0. The molecule has 2 heteroatoms. The molecule has 1 N–H and O–H groups in total. The number of nitrogens with one attached hydrogen (secondary N) is 1. The summed E-state index contributed by atoms with van der Waals surface area (Å²) in [6.45, 7) is 3.20. The minimum absolute atomic E-state index is 0.385. The number of hydrogen-bond acceptors (Lipinski definition) is 2. The predicted octanol–water partition coefficient (Wildman–Crippen LogP) is 4.90. The summed E-state index contributed by atoms with van der Waals surface area (Å²) in [4.78, 5) is 0. The van der Waals surface area contributed by atoms with Crippen molar-refractivity contribution in [3.05, 3.63) is 60.2 Å². The highest BCUT2D eigenvalue weighted by Gasteiger charge is 2.34. The first-order valence-corrected chi connectivity index (χ1v) is 7.87. The van der Waals surface area contributed by atoms with Crippen LogP contribution in [0.3, 0.4) is 0 Å². The van der Waals surface area contributed by atoms with Crippen molar-refractivity contribution in [3.8, 4) is 11.5 Å². The molecule has 1 fully saturated rings. The number of hydrogen-bond donors (Lipinski definition) is 1. The molecule has 2 aromatic rings. The van der Waals surface area contributed by atoms with Gasteiger partial charge >= 0.3 is 0 Å². The Morgan fingerprint density at radius 2 is 1.76 bits per heavy atom. The van der Waals surface area contributed by atoms with E-state index in [0.717, 1.165) is 18.0 Å². The molecule has 0 aromatic heterocycles. The number of ether oxygens (including phenoxy) is 1. The van der Waals surface area contributed by atoms with Crippen molar-refractivity contribution in [1.29, 1.82) is 0 Å². The third-order valence-corrected chi connectivity index (χ3v) is 4.53. The molecule has 2 aromatic carbocycles. The van der Waals surface area contributed by atoms with Crippen LogP contribution in [0.4, 0.5) is 0 Å². The van der Waals surface area contributed by atoms with Gasteiger partial charge in [-0.1, -0.05) is 37.3 Å². The lowest BCUT2D eigenvalue weighted by Crippen LogP contribution is -2.49. The van der Waals surface area contributed by atoms with Gasteiger partial charge in [-0.25, -0.2) is 0 Å². The minimum atomic E-state index is 0.385. The van der Waals surface area contributed by atoms with Crippen LogP contribution in [-0.2, 0) is 6.54 Å². The summed E-state index contributed by atoms with van der Waals surface area (Å²) in [6, 6.07) is 18.3. The molecule has 0 radical (unpaired) electrons. The molecule has 1 aliphatic carbocycles. The largest absolute Gasteiger partial charge is 0.457 e. The zero-order valence-electron chi connectivity index (χ0n) is 12.6. The monoisotopic (exact) mass is 281 g/mol. The molecule has 2 nitrogen and oxygen atoms in total. The zero-order valence-corrected chi connectivity index (χ0v) is 12.6. The van der Waals surface area contributed by atoms with E-state index in [1.165, 1.54) is 31.2 Å². The first-order chi connectivity index (χ1) is 10.3. The van der Waals surface area contributed by atoms with Gasteiger partial charge in [0.25, 0.3) is 0 Å². The second kappa shape index (κ2) is 6.31. The quantitative estimate of drug-likeness (QED) is 0.813. The molecule has 0 bridgehead atoms. The van der Waals surface area contributed by atoms with Crippen LogP contribution in [0.2, 0.25) is 0 Å². The first-order valence-electron chi connectivity index (χ1n) is 7.87. The van der Waals surface area contributed by atoms with Gasteiger partial charge < -0.3 is 10.1 Å². The Labute approximate surface area is 127 Å². The molecule has 1 saturated carbocycles. The van der Waals surface area contributed by atoms with Crippen molar-refractivity contribution in [2.75, 3.05) is 0 Å². The average Bonchev–Trinajstić information content (AvgIpc) is 2.48. The van der Waals surface area contributed by atoms with Crippen molar-refractivity contribution >= 4 is 0 Å². The average molecular weight is 281 g/mol. The molecule has 0 spiro atoms. The highest BCUT2D eigenvalue weighted by atomic mass is 16.5. The Kier molecular flexibility index (Phi) is 4.26. The number of benzene rings is 2. The Morgan fingerprint density at radius 3 is 2.43 bits per heavy atom. The number of rotatable bonds is 6. The molecule has 110 valence electrons. The summed E-state index contributed by atoms with van der Waals surface area (Å²) in [5, 5.41) is 3.73. The van der Waals surface area contributed by atoms with Crippen molar-refractivity contribution in [2.24, 2.45) is 0 Å². The second-order valence-corrected chi connectivity index (χ2v) is 5.90. The van der Waals surface area contributed by atoms with Gasteiger partial charge in [0.2, 0.25) is 0 Å². The van der Waals surface area contributed by atoms with E-state index < -0.39 is 0 Å². The van der Waals surface area contributed by atoms with Gasteiger partial charge in [-0.15, -0.1) is 0 Å². The van der Waals surface area contributed by atoms with Crippen molar-refractivity contribution in [3.63, 3.8) is 0 Å². The fourth-order valence-electron chi connectivity index (χ4n) is 2.89. The first kappa shape index (κ1) is 14.2. The van der Waals surface area contributed by atoms with Crippen molar-refractivity contribution < 1.29 is 4.74 Å². The summed E-state index contributed by atoms with van der Waals surface area (Å²) >= 11 is 0. The van der Waals surface area contributed by atoms with Gasteiger partial charge in [0, 0.05) is 12.1 Å². The van der Waals surface area contributed by atoms with Gasteiger partial charge in [-0.3, -0.25) is 0 Å². The Balaban J connectivity index is 1.63. The standard InChI is InChI=1S/C19H23NO/c1-2-19(12-7-13-19)20-15-16-8-6-11-18(14-16)21-17-9-4-3-5-10-17/h3-6,8-11,14,20H,2,7,12-13,15H2,1H3. The van der Waals surface area contributed by atoms with Crippen LogP contribution in [0.15, 0.2) is 54.6 Å². The maximum atomic E-state index is 5.89. The van der Waals surface area contributed by atoms with Crippen LogP contribution < -0.4 is 10.1 Å². The summed E-state index contributed by atoms with van der Waals surface area (Å²) < 4.78 is 5.89. The van der Waals surface area contributed by atoms with Crippen LogP contribution >= 0.6 is 0 Å². The SMILES string of the molecule is CCC1(NCc2cccc(Oc3ccccc3)c2)CCC1. The van der Waals surface area contributed by atoms with Crippen LogP contribution in [0.25, 0.3) is 0 Å². The van der Waals surface area contributed by atoms with E-state index in [2.05, 4.69) is 30.4 Å². The Hall–Kier alpha value is -1.80.